The molecular formula is C21H15N5O2. The summed E-state index contributed by atoms with van der Waals surface area (Å²) in [5, 5.41) is 6.13. The number of nitrogens with one attached hydrogen (secondary N) is 1. The lowest BCUT2D eigenvalue weighted by Gasteiger charge is -2.00. The monoisotopic (exact) mass is 369 g/mol. The molecule has 7 nitrogen and oxygen atoms in total. The first-order valence-corrected chi connectivity index (χ1v) is 8.70. The Balaban J connectivity index is 1.58. The Kier molecular flexibility index (Phi) is 3.65. The Morgan fingerprint density at radius 2 is 2.04 bits per heavy atom. The molecule has 5 rings (SSSR count). The average Bonchev–Trinajstić information content (AvgIpc) is 3.12. The minimum Gasteiger partial charge on any atom is -0.497 e. The molecule has 2 aromatic carbocycles. The van der Waals surface area contributed by atoms with Gasteiger partial charge in [-0.3, -0.25) is 4.79 Å². The molecule has 0 aliphatic rings. The number of para-hydroxylation sites is 1. The van der Waals surface area contributed by atoms with Gasteiger partial charge in [-0.25, -0.2) is 9.97 Å². The molecule has 0 fully saturated rings. The lowest BCUT2D eigenvalue weighted by Crippen LogP contribution is -2.17. The maximum absolute atomic E-state index is 12.8. The highest BCUT2D eigenvalue weighted by Gasteiger charge is 2.11. The first-order valence-electron chi connectivity index (χ1n) is 8.70. The fourth-order valence-electron chi connectivity index (χ4n) is 3.21. The first kappa shape index (κ1) is 16.2. The van der Waals surface area contributed by atoms with Gasteiger partial charge in [-0.1, -0.05) is 24.3 Å². The molecule has 0 atom stereocenters. The van der Waals surface area contributed by atoms with Crippen LogP contribution in [0.25, 0.3) is 32.8 Å². The smallest absolute Gasteiger partial charge is 0.298 e. The number of nitrogens with zero attached hydrogens (tertiary/aromatic N) is 4. The van der Waals surface area contributed by atoms with Crippen LogP contribution < -0.4 is 10.3 Å². The maximum Gasteiger partial charge on any atom is 0.298 e. The van der Waals surface area contributed by atoms with E-state index >= 15 is 0 Å². The Morgan fingerprint density at radius 1 is 1.14 bits per heavy atom. The van der Waals surface area contributed by atoms with Crippen molar-refractivity contribution in [2.24, 2.45) is 5.10 Å². The summed E-state index contributed by atoms with van der Waals surface area (Å²) in [6.07, 6.45) is 2.96. The Bertz CT molecular complexity index is 1430. The van der Waals surface area contributed by atoms with Crippen LogP contribution in [0.4, 0.5) is 0 Å². The van der Waals surface area contributed by atoms with Gasteiger partial charge in [0.05, 0.1) is 24.5 Å². The van der Waals surface area contributed by atoms with Gasteiger partial charge in [0, 0.05) is 16.3 Å². The van der Waals surface area contributed by atoms with Crippen LogP contribution in [0, 0.1) is 0 Å². The number of rotatable bonds is 3. The van der Waals surface area contributed by atoms with Crippen molar-refractivity contribution in [2.75, 3.05) is 7.11 Å². The van der Waals surface area contributed by atoms with E-state index in [-0.39, 0.29) is 5.56 Å². The van der Waals surface area contributed by atoms with Gasteiger partial charge >= 0.3 is 0 Å². The van der Waals surface area contributed by atoms with Gasteiger partial charge in [0.2, 0.25) is 0 Å². The summed E-state index contributed by atoms with van der Waals surface area (Å²) in [5.74, 6) is 0.708. The largest absolute Gasteiger partial charge is 0.497 e. The van der Waals surface area contributed by atoms with Gasteiger partial charge < -0.3 is 9.72 Å². The summed E-state index contributed by atoms with van der Waals surface area (Å²) >= 11 is 0. The second kappa shape index (κ2) is 6.31. The van der Waals surface area contributed by atoms with E-state index in [4.69, 9.17) is 4.74 Å². The highest BCUT2D eigenvalue weighted by Crippen LogP contribution is 2.25. The average molecular weight is 369 g/mol. The van der Waals surface area contributed by atoms with Gasteiger partial charge in [0.1, 0.15) is 23.1 Å². The quantitative estimate of drug-likeness (QED) is 0.495. The lowest BCUT2D eigenvalue weighted by atomic mass is 10.2. The fraction of sp³-hybridized carbons (Fsp3) is 0.0476. The zero-order valence-electron chi connectivity index (χ0n) is 15.0. The number of methoxy groups -OCH3 is 1. The molecule has 0 unspecified atom stereocenters. The van der Waals surface area contributed by atoms with E-state index in [2.05, 4.69) is 20.1 Å². The standard InChI is InChI=1S/C21H15N5O2/c1-28-15-8-9-18-16(10-15)19-20(25-18)21(27)26(12-22-19)23-11-14-7-6-13-4-2-3-5-17(13)24-14/h2-12,25H,1H3/b23-11-. The summed E-state index contributed by atoms with van der Waals surface area (Å²) in [7, 11) is 1.60. The zero-order chi connectivity index (χ0) is 19.1. The summed E-state index contributed by atoms with van der Waals surface area (Å²) in [6, 6.07) is 17.2. The van der Waals surface area contributed by atoms with Crippen molar-refractivity contribution in [1.82, 2.24) is 19.6 Å². The Morgan fingerprint density at radius 3 is 2.93 bits per heavy atom. The number of hydrogen-bond acceptors (Lipinski definition) is 5. The van der Waals surface area contributed by atoms with E-state index < -0.39 is 0 Å². The minimum absolute atomic E-state index is 0.280. The number of fused-ring (bicyclic) bond motifs is 4. The molecule has 0 amide bonds. The van der Waals surface area contributed by atoms with Crippen LogP contribution in [0.1, 0.15) is 5.69 Å². The molecule has 3 aromatic heterocycles. The van der Waals surface area contributed by atoms with Crippen LogP contribution in [0.3, 0.4) is 0 Å². The van der Waals surface area contributed by atoms with Crippen molar-refractivity contribution in [3.8, 4) is 5.75 Å². The first-order chi connectivity index (χ1) is 13.7. The molecule has 0 aliphatic carbocycles. The second-order valence-corrected chi connectivity index (χ2v) is 6.33. The number of ether oxygens (including phenoxy) is 1. The lowest BCUT2D eigenvalue weighted by molar-refractivity contribution is 0.415. The number of pyridine rings is 1. The second-order valence-electron chi connectivity index (χ2n) is 6.33. The predicted molar refractivity (Wildman–Crippen MR) is 109 cm³/mol. The molecule has 0 radical (unpaired) electrons. The van der Waals surface area contributed by atoms with Crippen molar-refractivity contribution >= 4 is 39.1 Å². The highest BCUT2D eigenvalue weighted by atomic mass is 16.5. The molecule has 5 aromatic rings. The number of benzene rings is 2. The van der Waals surface area contributed by atoms with Crippen LogP contribution in [-0.4, -0.2) is 33.0 Å². The van der Waals surface area contributed by atoms with Gasteiger partial charge in [0.25, 0.3) is 5.56 Å². The number of aromatic amines is 1. The summed E-state index contributed by atoms with van der Waals surface area (Å²) < 4.78 is 6.46. The van der Waals surface area contributed by atoms with E-state index in [1.54, 1.807) is 13.3 Å². The third-order valence-electron chi connectivity index (χ3n) is 4.63. The van der Waals surface area contributed by atoms with Crippen LogP contribution in [0.15, 0.2) is 70.8 Å². The molecule has 0 aliphatic heterocycles. The number of H-pyrrole nitrogens is 1. The Labute approximate surface area is 158 Å². The molecule has 0 bridgehead atoms. The minimum atomic E-state index is -0.280. The normalized spacial score (nSPS) is 11.8. The van der Waals surface area contributed by atoms with Crippen LogP contribution >= 0.6 is 0 Å². The molecular weight excluding hydrogens is 354 g/mol. The molecule has 7 heteroatoms. The van der Waals surface area contributed by atoms with E-state index in [0.717, 1.165) is 21.8 Å². The molecule has 1 N–H and O–H groups in total. The molecule has 0 saturated heterocycles. The van der Waals surface area contributed by atoms with Crippen LogP contribution in [0.5, 0.6) is 5.75 Å². The summed E-state index contributed by atoms with van der Waals surface area (Å²) in [4.78, 5) is 24.9. The van der Waals surface area contributed by atoms with Gasteiger partial charge in [-0.2, -0.15) is 9.78 Å². The van der Waals surface area contributed by atoms with Gasteiger partial charge in [-0.15, -0.1) is 0 Å². The van der Waals surface area contributed by atoms with E-state index in [1.807, 2.05) is 54.6 Å². The van der Waals surface area contributed by atoms with Gasteiger partial charge in [0.15, 0.2) is 0 Å². The molecule has 28 heavy (non-hydrogen) atoms. The summed E-state index contributed by atoms with van der Waals surface area (Å²) in [6.45, 7) is 0. The third kappa shape index (κ3) is 2.61. The van der Waals surface area contributed by atoms with Gasteiger partial charge in [-0.05, 0) is 30.3 Å². The molecule has 0 saturated carbocycles. The van der Waals surface area contributed by atoms with Crippen LogP contribution in [0.2, 0.25) is 0 Å². The van der Waals surface area contributed by atoms with E-state index in [9.17, 15) is 4.79 Å². The van der Waals surface area contributed by atoms with Crippen molar-refractivity contribution in [3.63, 3.8) is 0 Å². The van der Waals surface area contributed by atoms with Crippen molar-refractivity contribution < 1.29 is 4.74 Å². The SMILES string of the molecule is COc1ccc2[nH]c3c(=O)n(/N=C\c4ccc5ccccc5n4)cnc3c2c1. The highest BCUT2D eigenvalue weighted by molar-refractivity contribution is 6.04. The zero-order valence-corrected chi connectivity index (χ0v) is 15.0. The number of hydrogen-bond donors (Lipinski definition) is 1. The van der Waals surface area contributed by atoms with E-state index in [1.165, 1.54) is 11.0 Å². The summed E-state index contributed by atoms with van der Waals surface area (Å²) in [5.41, 5.74) is 3.06. The molecule has 136 valence electrons. The molecule has 3 heterocycles. The van der Waals surface area contributed by atoms with Crippen LogP contribution in [-0.2, 0) is 0 Å². The van der Waals surface area contributed by atoms with Crippen molar-refractivity contribution in [2.45, 2.75) is 0 Å². The molecule has 0 spiro atoms. The third-order valence-corrected chi connectivity index (χ3v) is 4.63. The van der Waals surface area contributed by atoms with E-state index in [0.29, 0.717) is 22.5 Å². The van der Waals surface area contributed by atoms with Crippen molar-refractivity contribution in [1.29, 1.82) is 0 Å². The van der Waals surface area contributed by atoms with Crippen molar-refractivity contribution in [3.05, 3.63) is 77.0 Å². The fourth-order valence-corrected chi connectivity index (χ4v) is 3.21. The Hall–Kier alpha value is -4.00. The number of aromatic nitrogens is 4. The predicted octanol–water partition coefficient (Wildman–Crippen LogP) is 3.32. The maximum atomic E-state index is 12.8. The topological polar surface area (TPSA) is 85.2 Å².